The zero-order valence-corrected chi connectivity index (χ0v) is 11.4. The fourth-order valence-corrected chi connectivity index (χ4v) is 1.81. The Morgan fingerprint density at radius 1 is 1.47 bits per heavy atom. The van der Waals surface area contributed by atoms with Crippen LogP contribution < -0.4 is 11.1 Å². The monoisotopic (exact) mass is 284 g/mol. The average molecular weight is 285 g/mol. The number of rotatable bonds is 7. The van der Waals surface area contributed by atoms with Gasteiger partial charge in [0.2, 0.25) is 5.91 Å². The van der Waals surface area contributed by atoms with Crippen molar-refractivity contribution in [2.75, 3.05) is 11.9 Å². The van der Waals surface area contributed by atoms with Crippen LogP contribution in [0.1, 0.15) is 30.1 Å². The van der Waals surface area contributed by atoms with E-state index in [1.165, 1.54) is 6.07 Å². The second kappa shape index (κ2) is 6.99. The van der Waals surface area contributed by atoms with Crippen molar-refractivity contribution in [3.8, 4) is 0 Å². The summed E-state index contributed by atoms with van der Waals surface area (Å²) in [6, 6.07) is 4.78. The van der Waals surface area contributed by atoms with Gasteiger partial charge in [0, 0.05) is 12.1 Å². The van der Waals surface area contributed by atoms with Crippen molar-refractivity contribution >= 4 is 29.2 Å². The van der Waals surface area contributed by atoms with Crippen LogP contribution in [0.4, 0.5) is 5.69 Å². The van der Waals surface area contributed by atoms with Crippen molar-refractivity contribution in [2.45, 2.75) is 19.8 Å². The van der Waals surface area contributed by atoms with Gasteiger partial charge in [-0.15, -0.1) is 0 Å². The third-order valence-corrected chi connectivity index (χ3v) is 3.12. The van der Waals surface area contributed by atoms with Crippen molar-refractivity contribution in [2.24, 2.45) is 11.7 Å². The van der Waals surface area contributed by atoms with Crippen LogP contribution in [-0.2, 0) is 4.79 Å². The molecule has 1 aromatic carbocycles. The number of hydrogen-bond donors (Lipinski definition) is 3. The number of halogens is 1. The molecule has 1 rings (SSSR count). The third kappa shape index (κ3) is 4.79. The van der Waals surface area contributed by atoms with E-state index < -0.39 is 11.9 Å². The summed E-state index contributed by atoms with van der Waals surface area (Å²) in [5.74, 6) is -1.66. The summed E-state index contributed by atoms with van der Waals surface area (Å²) in [4.78, 5) is 21.6. The fourth-order valence-electron chi connectivity index (χ4n) is 1.57. The van der Waals surface area contributed by atoms with Gasteiger partial charge in [-0.2, -0.15) is 0 Å². The Balaban J connectivity index is 2.46. The molecule has 0 aromatic heterocycles. The van der Waals surface area contributed by atoms with E-state index in [1.807, 2.05) is 0 Å². The minimum Gasteiger partial charge on any atom is -0.481 e. The minimum absolute atomic E-state index is 0.352. The van der Waals surface area contributed by atoms with Gasteiger partial charge in [-0.05, 0) is 31.0 Å². The van der Waals surface area contributed by atoms with Crippen LogP contribution in [0.25, 0.3) is 0 Å². The minimum atomic E-state index is -0.788. The third-order valence-electron chi connectivity index (χ3n) is 2.80. The van der Waals surface area contributed by atoms with Gasteiger partial charge in [0.25, 0.3) is 0 Å². The van der Waals surface area contributed by atoms with Gasteiger partial charge in [0.05, 0.1) is 16.6 Å². The number of benzene rings is 1. The van der Waals surface area contributed by atoms with Crippen LogP contribution in [0.2, 0.25) is 5.02 Å². The first-order valence-electron chi connectivity index (χ1n) is 5.98. The molecule has 1 unspecified atom stereocenters. The van der Waals surface area contributed by atoms with Gasteiger partial charge in [-0.25, -0.2) is 0 Å². The fraction of sp³-hybridized carbons (Fsp3) is 0.385. The lowest BCUT2D eigenvalue weighted by Crippen LogP contribution is -2.12. The lowest BCUT2D eigenvalue weighted by Gasteiger charge is -2.10. The molecule has 0 spiro atoms. The average Bonchev–Trinajstić information content (AvgIpc) is 2.35. The maximum absolute atomic E-state index is 11.0. The van der Waals surface area contributed by atoms with E-state index in [0.29, 0.717) is 29.2 Å². The highest BCUT2D eigenvalue weighted by Crippen LogP contribution is 2.23. The Morgan fingerprint density at radius 3 is 2.68 bits per heavy atom. The Kier molecular flexibility index (Phi) is 5.63. The molecule has 0 radical (unpaired) electrons. The Bertz CT molecular complexity index is 477. The maximum Gasteiger partial charge on any atom is 0.306 e. The standard InChI is InChI=1S/C13H17ClN2O3/c1-8(13(18)19)3-2-6-16-11-5-4-9(12(15)17)7-10(11)14/h4-5,7-8,16H,2-3,6H2,1H3,(H2,15,17)(H,18,19). The zero-order chi connectivity index (χ0) is 14.4. The Morgan fingerprint density at radius 2 is 2.16 bits per heavy atom. The topological polar surface area (TPSA) is 92.4 Å². The Labute approximate surface area is 116 Å². The van der Waals surface area contributed by atoms with E-state index in [0.717, 1.165) is 6.42 Å². The summed E-state index contributed by atoms with van der Waals surface area (Å²) < 4.78 is 0. The van der Waals surface area contributed by atoms with Gasteiger partial charge in [0.1, 0.15) is 0 Å². The summed E-state index contributed by atoms with van der Waals surface area (Å²) in [6.45, 7) is 2.30. The SMILES string of the molecule is CC(CCCNc1ccc(C(N)=O)cc1Cl)C(=O)O. The molecular weight excluding hydrogens is 268 g/mol. The lowest BCUT2D eigenvalue weighted by atomic mass is 10.1. The van der Waals surface area contributed by atoms with E-state index in [-0.39, 0.29) is 5.92 Å². The highest BCUT2D eigenvalue weighted by Gasteiger charge is 2.10. The molecular formula is C13H17ClN2O3. The predicted octanol–water partition coefficient (Wildman–Crippen LogP) is 2.35. The normalized spacial score (nSPS) is 11.9. The second-order valence-electron chi connectivity index (χ2n) is 4.37. The highest BCUT2D eigenvalue weighted by molar-refractivity contribution is 6.33. The van der Waals surface area contributed by atoms with Crippen LogP contribution in [-0.4, -0.2) is 23.5 Å². The molecule has 6 heteroatoms. The molecule has 19 heavy (non-hydrogen) atoms. The number of carboxylic acid groups (broad SMARTS) is 1. The Hall–Kier alpha value is -1.75. The first-order valence-corrected chi connectivity index (χ1v) is 6.35. The number of primary amides is 1. The number of amides is 1. The summed E-state index contributed by atoms with van der Waals surface area (Å²) in [7, 11) is 0. The first kappa shape index (κ1) is 15.3. The highest BCUT2D eigenvalue weighted by atomic mass is 35.5. The van der Waals surface area contributed by atoms with E-state index in [9.17, 15) is 9.59 Å². The van der Waals surface area contributed by atoms with Crippen LogP contribution in [0.3, 0.4) is 0 Å². The van der Waals surface area contributed by atoms with Crippen molar-refractivity contribution in [3.05, 3.63) is 28.8 Å². The molecule has 104 valence electrons. The van der Waals surface area contributed by atoms with E-state index in [2.05, 4.69) is 5.32 Å². The largest absolute Gasteiger partial charge is 0.481 e. The molecule has 0 bridgehead atoms. The number of carbonyl (C=O) groups is 2. The lowest BCUT2D eigenvalue weighted by molar-refractivity contribution is -0.141. The van der Waals surface area contributed by atoms with Crippen molar-refractivity contribution in [1.29, 1.82) is 0 Å². The van der Waals surface area contributed by atoms with Crippen molar-refractivity contribution in [1.82, 2.24) is 0 Å². The van der Waals surface area contributed by atoms with Crippen molar-refractivity contribution in [3.63, 3.8) is 0 Å². The van der Waals surface area contributed by atoms with Gasteiger partial charge in [0.15, 0.2) is 0 Å². The van der Waals surface area contributed by atoms with Gasteiger partial charge >= 0.3 is 5.97 Å². The van der Waals surface area contributed by atoms with Gasteiger partial charge in [-0.1, -0.05) is 18.5 Å². The van der Waals surface area contributed by atoms with Crippen LogP contribution in [0, 0.1) is 5.92 Å². The summed E-state index contributed by atoms with van der Waals surface area (Å²) in [5, 5.41) is 12.3. The predicted molar refractivity (Wildman–Crippen MR) is 74.5 cm³/mol. The molecule has 0 aliphatic rings. The second-order valence-corrected chi connectivity index (χ2v) is 4.77. The van der Waals surface area contributed by atoms with E-state index in [4.69, 9.17) is 22.4 Å². The molecule has 1 atom stereocenters. The van der Waals surface area contributed by atoms with Crippen molar-refractivity contribution < 1.29 is 14.7 Å². The molecule has 0 heterocycles. The number of nitrogens with one attached hydrogen (secondary N) is 1. The summed E-state index contributed by atoms with van der Waals surface area (Å²) >= 11 is 6.00. The molecule has 4 N–H and O–H groups in total. The summed E-state index contributed by atoms with van der Waals surface area (Å²) in [5.41, 5.74) is 6.20. The molecule has 0 fully saturated rings. The molecule has 0 saturated heterocycles. The number of carbonyl (C=O) groups excluding carboxylic acids is 1. The van der Waals surface area contributed by atoms with Crippen LogP contribution in [0.5, 0.6) is 0 Å². The van der Waals surface area contributed by atoms with Gasteiger partial charge < -0.3 is 16.2 Å². The number of hydrogen-bond acceptors (Lipinski definition) is 3. The quantitative estimate of drug-likeness (QED) is 0.670. The molecule has 1 aromatic rings. The number of carboxylic acids is 1. The molecule has 1 amide bonds. The number of nitrogens with two attached hydrogens (primary N) is 1. The smallest absolute Gasteiger partial charge is 0.306 e. The summed E-state index contributed by atoms with van der Waals surface area (Å²) in [6.07, 6.45) is 1.32. The van der Waals surface area contributed by atoms with Crippen LogP contribution >= 0.6 is 11.6 Å². The molecule has 0 aliphatic carbocycles. The number of aliphatic carboxylic acids is 1. The van der Waals surface area contributed by atoms with Gasteiger partial charge in [-0.3, -0.25) is 9.59 Å². The van der Waals surface area contributed by atoms with E-state index >= 15 is 0 Å². The molecule has 0 saturated carbocycles. The maximum atomic E-state index is 11.0. The molecule has 0 aliphatic heterocycles. The zero-order valence-electron chi connectivity index (χ0n) is 10.6. The molecule has 5 nitrogen and oxygen atoms in total. The van der Waals surface area contributed by atoms with Crippen LogP contribution in [0.15, 0.2) is 18.2 Å². The number of anilines is 1. The van der Waals surface area contributed by atoms with E-state index in [1.54, 1.807) is 19.1 Å². The first-order chi connectivity index (χ1) is 8.91.